The molecule has 2 bridgehead atoms. The highest BCUT2D eigenvalue weighted by Crippen LogP contribution is 2.44. The number of halogens is 1. The number of nitrogens with zero attached hydrogens (tertiary/aromatic N) is 4. The summed E-state index contributed by atoms with van der Waals surface area (Å²) < 4.78 is 15.3. The number of fused-ring (bicyclic) bond motifs is 3. The fraction of sp³-hybridized carbons (Fsp3) is 0.360. The number of thiazole rings is 2. The summed E-state index contributed by atoms with van der Waals surface area (Å²) >= 11 is 2.93. The molecule has 1 saturated carbocycles. The van der Waals surface area contributed by atoms with Crippen molar-refractivity contribution in [3.8, 4) is 10.4 Å². The highest BCUT2D eigenvalue weighted by atomic mass is 32.1. The van der Waals surface area contributed by atoms with Crippen LogP contribution in [0.2, 0.25) is 0 Å². The average molecular weight is 510 g/mol. The molecule has 0 unspecified atom stereocenters. The lowest BCUT2D eigenvalue weighted by molar-refractivity contribution is 0.0577. The van der Waals surface area contributed by atoms with E-state index in [1.807, 2.05) is 34.7 Å². The Morgan fingerprint density at radius 3 is 2.77 bits per heavy atom. The van der Waals surface area contributed by atoms with E-state index in [2.05, 4.69) is 15.3 Å². The molecule has 2 aliphatic rings. The molecule has 3 aromatic heterocycles. The van der Waals surface area contributed by atoms with Gasteiger partial charge in [0.05, 0.1) is 21.6 Å². The van der Waals surface area contributed by atoms with E-state index in [9.17, 15) is 14.0 Å². The topological polar surface area (TPSA) is 79.6 Å². The molecule has 1 N–H and O–H groups in total. The first-order valence-electron chi connectivity index (χ1n) is 11.7. The number of piperidine rings is 1. The van der Waals surface area contributed by atoms with Crippen LogP contribution >= 0.6 is 22.7 Å². The Morgan fingerprint density at radius 2 is 1.97 bits per heavy atom. The van der Waals surface area contributed by atoms with Crippen molar-refractivity contribution < 1.29 is 14.0 Å². The molecule has 2 amide bonds. The third kappa shape index (κ3) is 3.75. The van der Waals surface area contributed by atoms with Crippen LogP contribution in [0.1, 0.15) is 50.9 Å². The van der Waals surface area contributed by atoms with Gasteiger partial charge in [-0.2, -0.15) is 0 Å². The molecule has 4 aromatic rings. The van der Waals surface area contributed by atoms with Gasteiger partial charge < -0.3 is 10.2 Å². The zero-order chi connectivity index (χ0) is 24.3. The monoisotopic (exact) mass is 509 g/mol. The lowest BCUT2D eigenvalue weighted by Gasteiger charge is -2.35. The summed E-state index contributed by atoms with van der Waals surface area (Å²) in [7, 11) is 0. The Labute approximate surface area is 209 Å². The minimum absolute atomic E-state index is 0.0838. The zero-order valence-corrected chi connectivity index (χ0v) is 21.0. The van der Waals surface area contributed by atoms with E-state index < -0.39 is 0 Å². The lowest BCUT2D eigenvalue weighted by atomic mass is 9.98. The SMILES string of the molecule is Cc1nc(C(=O)N2[C@@H]3CC[C@@H](C3)[C@H]2CNC(=O)c2c(C)nc3sccn23)c(-c2ccc(F)cc2)s1. The molecule has 2 fully saturated rings. The molecule has 1 aromatic carbocycles. The van der Waals surface area contributed by atoms with Crippen LogP contribution in [0.4, 0.5) is 4.39 Å². The smallest absolute Gasteiger partial charge is 0.274 e. The normalized spacial score (nSPS) is 21.2. The largest absolute Gasteiger partial charge is 0.349 e. The maximum absolute atomic E-state index is 13.9. The van der Waals surface area contributed by atoms with Gasteiger partial charge in [-0.15, -0.1) is 22.7 Å². The number of benzene rings is 1. The molecule has 10 heteroatoms. The highest BCUT2D eigenvalue weighted by Gasteiger charge is 2.49. The predicted octanol–water partition coefficient (Wildman–Crippen LogP) is 4.70. The van der Waals surface area contributed by atoms with Crippen LogP contribution in [0.15, 0.2) is 35.8 Å². The summed E-state index contributed by atoms with van der Waals surface area (Å²) in [6, 6.07) is 6.24. The number of rotatable bonds is 5. The van der Waals surface area contributed by atoms with E-state index >= 15 is 0 Å². The van der Waals surface area contributed by atoms with Crippen LogP contribution in [-0.2, 0) is 0 Å². The number of hydrogen-bond acceptors (Lipinski definition) is 6. The van der Waals surface area contributed by atoms with Crippen LogP contribution in [0.25, 0.3) is 15.4 Å². The van der Waals surface area contributed by atoms with Crippen LogP contribution < -0.4 is 5.32 Å². The molecular formula is C25H24FN5O2S2. The summed E-state index contributed by atoms with van der Waals surface area (Å²) in [5.41, 5.74) is 2.42. The van der Waals surface area contributed by atoms with Crippen LogP contribution in [-0.4, -0.2) is 49.7 Å². The van der Waals surface area contributed by atoms with Crippen LogP contribution in [0.3, 0.4) is 0 Å². The second-order valence-electron chi connectivity index (χ2n) is 9.24. The molecule has 1 aliphatic carbocycles. The maximum atomic E-state index is 13.9. The second kappa shape index (κ2) is 8.53. The molecule has 3 atom stereocenters. The van der Waals surface area contributed by atoms with Crippen molar-refractivity contribution in [3.05, 3.63) is 63.7 Å². The fourth-order valence-corrected chi connectivity index (χ4v) is 7.29. The van der Waals surface area contributed by atoms with Gasteiger partial charge in [0.1, 0.15) is 17.2 Å². The fourth-order valence-electron chi connectivity index (χ4n) is 5.61. The van der Waals surface area contributed by atoms with Crippen molar-refractivity contribution in [1.29, 1.82) is 0 Å². The lowest BCUT2D eigenvalue weighted by Crippen LogP contribution is -2.50. The molecule has 1 saturated heterocycles. The summed E-state index contributed by atoms with van der Waals surface area (Å²) in [6.45, 7) is 4.10. The van der Waals surface area contributed by atoms with Gasteiger partial charge in [-0.25, -0.2) is 14.4 Å². The first-order valence-corrected chi connectivity index (χ1v) is 13.4. The van der Waals surface area contributed by atoms with Crippen molar-refractivity contribution in [2.75, 3.05) is 6.54 Å². The Morgan fingerprint density at radius 1 is 1.17 bits per heavy atom. The summed E-state index contributed by atoms with van der Waals surface area (Å²) in [6.07, 6.45) is 4.81. The van der Waals surface area contributed by atoms with Crippen molar-refractivity contribution in [2.45, 2.75) is 45.2 Å². The predicted molar refractivity (Wildman–Crippen MR) is 133 cm³/mol. The van der Waals surface area contributed by atoms with Gasteiger partial charge in [0.2, 0.25) is 0 Å². The minimum atomic E-state index is -0.316. The molecular weight excluding hydrogens is 485 g/mol. The second-order valence-corrected chi connectivity index (χ2v) is 11.3. The first kappa shape index (κ1) is 22.4. The molecule has 0 radical (unpaired) electrons. The number of imidazole rings is 1. The molecule has 1 aliphatic heterocycles. The third-order valence-corrected chi connectivity index (χ3v) is 8.92. The number of carbonyl (C=O) groups is 2. The minimum Gasteiger partial charge on any atom is -0.349 e. The van der Waals surface area contributed by atoms with Gasteiger partial charge in [-0.1, -0.05) is 12.1 Å². The van der Waals surface area contributed by atoms with Crippen LogP contribution in [0, 0.1) is 25.6 Å². The quantitative estimate of drug-likeness (QED) is 0.423. The molecule has 180 valence electrons. The molecule has 35 heavy (non-hydrogen) atoms. The summed E-state index contributed by atoms with van der Waals surface area (Å²) in [4.78, 5) is 39.5. The number of aromatic nitrogens is 3. The highest BCUT2D eigenvalue weighted by molar-refractivity contribution is 7.15. The Bertz CT molecular complexity index is 1440. The summed E-state index contributed by atoms with van der Waals surface area (Å²) in [5.74, 6) is -0.254. The van der Waals surface area contributed by atoms with Crippen LogP contribution in [0.5, 0.6) is 0 Å². The van der Waals surface area contributed by atoms with E-state index in [1.165, 1.54) is 34.8 Å². The number of amides is 2. The molecule has 6 rings (SSSR count). The van der Waals surface area contributed by atoms with Gasteiger partial charge >= 0.3 is 0 Å². The number of carbonyl (C=O) groups excluding carboxylic acids is 2. The van der Waals surface area contributed by atoms with Gasteiger partial charge in [0.15, 0.2) is 4.96 Å². The number of likely N-dealkylation sites (tertiary alicyclic amines) is 1. The van der Waals surface area contributed by atoms with Crippen molar-refractivity contribution >= 4 is 39.4 Å². The Kier molecular flexibility index (Phi) is 5.45. The van der Waals surface area contributed by atoms with E-state index in [0.717, 1.165) is 39.7 Å². The van der Waals surface area contributed by atoms with Crippen molar-refractivity contribution in [3.63, 3.8) is 0 Å². The van der Waals surface area contributed by atoms with Crippen molar-refractivity contribution in [1.82, 2.24) is 24.6 Å². The molecule has 7 nitrogen and oxygen atoms in total. The van der Waals surface area contributed by atoms with E-state index in [1.54, 1.807) is 12.1 Å². The zero-order valence-electron chi connectivity index (χ0n) is 19.3. The Balaban J connectivity index is 1.26. The van der Waals surface area contributed by atoms with E-state index in [4.69, 9.17) is 0 Å². The van der Waals surface area contributed by atoms with Gasteiger partial charge in [0, 0.05) is 24.2 Å². The van der Waals surface area contributed by atoms with Gasteiger partial charge in [-0.05, 0) is 56.7 Å². The Hall–Kier alpha value is -3.11. The van der Waals surface area contributed by atoms with E-state index in [0.29, 0.717) is 29.5 Å². The van der Waals surface area contributed by atoms with Crippen molar-refractivity contribution in [2.24, 2.45) is 5.92 Å². The number of nitrogens with one attached hydrogen (secondary N) is 1. The van der Waals surface area contributed by atoms with E-state index in [-0.39, 0.29) is 29.7 Å². The average Bonchev–Trinajstić information content (AvgIpc) is 3.64. The molecule has 0 spiro atoms. The van der Waals surface area contributed by atoms with Gasteiger partial charge in [-0.3, -0.25) is 14.0 Å². The third-order valence-electron chi connectivity index (χ3n) is 7.14. The standard InChI is InChI=1S/C25H24FN5O2S2/c1-13-21(30-9-10-34-25(30)28-13)23(32)27-12-19-16-5-8-18(11-16)31(19)24(33)20-22(35-14(2)29-20)15-3-6-17(26)7-4-15/h3-4,6-7,9-10,16,18-19H,5,8,11-12H2,1-2H3,(H,27,32)/t16-,18+,19+/m0/s1. The summed E-state index contributed by atoms with van der Waals surface area (Å²) in [5, 5.41) is 5.78. The molecule has 4 heterocycles. The van der Waals surface area contributed by atoms with Gasteiger partial charge in [0.25, 0.3) is 11.8 Å². The number of aryl methyl sites for hydroxylation is 2. The number of hydrogen-bond donors (Lipinski definition) is 1. The maximum Gasteiger partial charge on any atom is 0.274 e. The first-order chi connectivity index (χ1) is 16.9.